The summed E-state index contributed by atoms with van der Waals surface area (Å²) < 4.78 is 15.0. The summed E-state index contributed by atoms with van der Waals surface area (Å²) in [6.45, 7) is 3.78. The molecule has 1 heterocycles. The van der Waals surface area contributed by atoms with E-state index in [2.05, 4.69) is 16.0 Å². The predicted molar refractivity (Wildman–Crippen MR) is 133 cm³/mol. The maximum absolute atomic E-state index is 13.2. The Morgan fingerprint density at radius 1 is 1.03 bits per heavy atom. The number of rotatable bonds is 10. The van der Waals surface area contributed by atoms with Gasteiger partial charge >= 0.3 is 5.97 Å². The SMILES string of the molecule is COC(=O)[C@H]1N[C@@H]([C@@H](NC(=O)COc2ccccc2)C(=O)NCc2ccc(OC)cc2)SC1(C)C. The van der Waals surface area contributed by atoms with Gasteiger partial charge in [0, 0.05) is 11.3 Å². The van der Waals surface area contributed by atoms with Crippen molar-refractivity contribution in [3.63, 3.8) is 0 Å². The summed E-state index contributed by atoms with van der Waals surface area (Å²) >= 11 is 1.39. The molecule has 0 bridgehead atoms. The molecule has 10 heteroatoms. The first-order chi connectivity index (χ1) is 16.7. The Bertz CT molecular complexity index is 1020. The molecule has 3 atom stereocenters. The number of thioether (sulfide) groups is 1. The van der Waals surface area contributed by atoms with Gasteiger partial charge in [-0.1, -0.05) is 30.3 Å². The Balaban J connectivity index is 1.70. The average molecular weight is 502 g/mol. The van der Waals surface area contributed by atoms with Crippen LogP contribution >= 0.6 is 11.8 Å². The lowest BCUT2D eigenvalue weighted by Crippen LogP contribution is -2.57. The van der Waals surface area contributed by atoms with Gasteiger partial charge < -0.3 is 24.8 Å². The van der Waals surface area contributed by atoms with E-state index in [9.17, 15) is 14.4 Å². The van der Waals surface area contributed by atoms with Gasteiger partial charge in [0.15, 0.2) is 6.61 Å². The Morgan fingerprint density at radius 2 is 1.71 bits per heavy atom. The molecule has 1 aliphatic rings. The standard InChI is InChI=1S/C25H31N3O6S/c1-25(2)21(24(31)33-4)28-23(35-25)20(27-19(29)15-34-18-8-6-5-7-9-18)22(30)26-14-16-10-12-17(32-3)13-11-16/h5-13,20-21,23,28H,14-15H2,1-4H3,(H,26,30)(H,27,29)/t20-,21+,23+/m0/s1. The second-order valence-corrected chi connectivity index (χ2v) is 10.3. The molecule has 1 fully saturated rings. The van der Waals surface area contributed by atoms with E-state index in [1.54, 1.807) is 43.5 Å². The molecular weight excluding hydrogens is 470 g/mol. The van der Waals surface area contributed by atoms with Crippen molar-refractivity contribution in [2.24, 2.45) is 0 Å². The van der Waals surface area contributed by atoms with Gasteiger partial charge in [-0.25, -0.2) is 0 Å². The molecule has 0 saturated carbocycles. The molecule has 9 nitrogen and oxygen atoms in total. The number of amides is 2. The number of methoxy groups -OCH3 is 2. The number of hydrogen-bond acceptors (Lipinski definition) is 8. The molecule has 1 saturated heterocycles. The molecule has 1 aliphatic heterocycles. The van der Waals surface area contributed by atoms with Crippen molar-refractivity contribution < 1.29 is 28.6 Å². The highest BCUT2D eigenvalue weighted by molar-refractivity contribution is 8.01. The summed E-state index contributed by atoms with van der Waals surface area (Å²) in [5.41, 5.74) is 0.872. The molecule has 0 radical (unpaired) electrons. The first kappa shape index (κ1) is 26.4. The van der Waals surface area contributed by atoms with E-state index in [0.29, 0.717) is 11.5 Å². The van der Waals surface area contributed by atoms with E-state index >= 15 is 0 Å². The van der Waals surface area contributed by atoms with Crippen molar-refractivity contribution in [1.29, 1.82) is 0 Å². The molecule has 0 aromatic heterocycles. The number of carbonyl (C=O) groups is 3. The summed E-state index contributed by atoms with van der Waals surface area (Å²) in [4.78, 5) is 38.2. The highest BCUT2D eigenvalue weighted by Crippen LogP contribution is 2.39. The van der Waals surface area contributed by atoms with E-state index in [4.69, 9.17) is 14.2 Å². The molecule has 2 amide bonds. The molecule has 35 heavy (non-hydrogen) atoms. The second-order valence-electron chi connectivity index (χ2n) is 8.48. The van der Waals surface area contributed by atoms with Crippen LogP contribution in [0.1, 0.15) is 19.4 Å². The Kier molecular flexibility index (Phi) is 9.00. The van der Waals surface area contributed by atoms with Gasteiger partial charge in [-0.15, -0.1) is 11.8 Å². The third-order valence-electron chi connectivity index (χ3n) is 5.53. The zero-order chi connectivity index (χ0) is 25.4. The predicted octanol–water partition coefficient (Wildman–Crippen LogP) is 1.86. The topological polar surface area (TPSA) is 115 Å². The summed E-state index contributed by atoms with van der Waals surface area (Å²) in [7, 11) is 2.90. The summed E-state index contributed by atoms with van der Waals surface area (Å²) in [6, 6.07) is 14.6. The zero-order valence-electron chi connectivity index (χ0n) is 20.2. The van der Waals surface area contributed by atoms with E-state index < -0.39 is 34.1 Å². The summed E-state index contributed by atoms with van der Waals surface area (Å²) in [6.07, 6.45) is 0. The van der Waals surface area contributed by atoms with Crippen molar-refractivity contribution >= 4 is 29.5 Å². The van der Waals surface area contributed by atoms with Crippen molar-refractivity contribution in [3.8, 4) is 11.5 Å². The smallest absolute Gasteiger partial charge is 0.324 e. The summed E-state index contributed by atoms with van der Waals surface area (Å²) in [5, 5.41) is 8.24. The number of benzene rings is 2. The lowest BCUT2D eigenvalue weighted by Gasteiger charge is -2.25. The second kappa shape index (κ2) is 11.9. The number of nitrogens with one attached hydrogen (secondary N) is 3. The molecule has 3 rings (SSSR count). The Morgan fingerprint density at radius 3 is 2.34 bits per heavy atom. The third-order valence-corrected chi connectivity index (χ3v) is 7.04. The largest absolute Gasteiger partial charge is 0.497 e. The van der Waals surface area contributed by atoms with Crippen molar-refractivity contribution in [2.45, 2.75) is 42.6 Å². The number of carbonyl (C=O) groups excluding carboxylic acids is 3. The lowest BCUT2D eigenvalue weighted by atomic mass is 10.0. The molecule has 188 valence electrons. The van der Waals surface area contributed by atoms with Crippen molar-refractivity contribution in [1.82, 2.24) is 16.0 Å². The third kappa shape index (κ3) is 7.12. The monoisotopic (exact) mass is 501 g/mol. The molecule has 0 aliphatic carbocycles. The molecular formula is C25H31N3O6S. The van der Waals surface area contributed by atoms with Crippen molar-refractivity contribution in [3.05, 3.63) is 60.2 Å². The normalized spacial score (nSPS) is 19.3. The van der Waals surface area contributed by atoms with Crippen LogP contribution in [0.2, 0.25) is 0 Å². The molecule has 0 unspecified atom stereocenters. The van der Waals surface area contributed by atoms with E-state index in [1.807, 2.05) is 32.0 Å². The minimum atomic E-state index is -0.959. The van der Waals surface area contributed by atoms with Crippen molar-refractivity contribution in [2.75, 3.05) is 20.8 Å². The van der Waals surface area contributed by atoms with Gasteiger partial charge in [-0.05, 0) is 43.7 Å². The van der Waals surface area contributed by atoms with Gasteiger partial charge in [0.1, 0.15) is 23.6 Å². The van der Waals surface area contributed by atoms with Gasteiger partial charge in [0.25, 0.3) is 5.91 Å². The molecule has 0 spiro atoms. The molecule has 2 aromatic carbocycles. The fraction of sp³-hybridized carbons (Fsp3) is 0.400. The van der Waals surface area contributed by atoms with Crippen LogP contribution in [0.25, 0.3) is 0 Å². The highest BCUT2D eigenvalue weighted by Gasteiger charge is 2.49. The van der Waals surface area contributed by atoms with Crippen LogP contribution in [0.5, 0.6) is 11.5 Å². The Labute approximate surface area is 209 Å². The molecule has 3 N–H and O–H groups in total. The van der Waals surface area contributed by atoms with E-state index in [1.165, 1.54) is 18.9 Å². The van der Waals surface area contributed by atoms with Crippen LogP contribution in [-0.4, -0.2) is 60.8 Å². The van der Waals surface area contributed by atoms with E-state index in [0.717, 1.165) is 5.56 Å². The minimum Gasteiger partial charge on any atom is -0.497 e. The fourth-order valence-corrected chi connectivity index (χ4v) is 5.12. The van der Waals surface area contributed by atoms with Crippen LogP contribution in [-0.2, 0) is 25.7 Å². The highest BCUT2D eigenvalue weighted by atomic mass is 32.2. The lowest BCUT2D eigenvalue weighted by molar-refractivity contribution is -0.143. The molecule has 2 aromatic rings. The number of esters is 1. The number of hydrogen-bond donors (Lipinski definition) is 3. The van der Waals surface area contributed by atoms with Crippen LogP contribution in [0.15, 0.2) is 54.6 Å². The quantitative estimate of drug-likeness (QED) is 0.423. The van der Waals surface area contributed by atoms with Crippen LogP contribution in [0, 0.1) is 0 Å². The van der Waals surface area contributed by atoms with Gasteiger partial charge in [-0.3, -0.25) is 19.7 Å². The maximum Gasteiger partial charge on any atom is 0.324 e. The number of para-hydroxylation sites is 1. The zero-order valence-corrected chi connectivity index (χ0v) is 21.0. The van der Waals surface area contributed by atoms with Gasteiger partial charge in [0.05, 0.1) is 19.6 Å². The van der Waals surface area contributed by atoms with E-state index in [-0.39, 0.29) is 19.1 Å². The van der Waals surface area contributed by atoms with Gasteiger partial charge in [-0.2, -0.15) is 0 Å². The first-order valence-corrected chi connectivity index (χ1v) is 12.0. The minimum absolute atomic E-state index is 0.256. The van der Waals surface area contributed by atoms with Gasteiger partial charge in [0.2, 0.25) is 5.91 Å². The maximum atomic E-state index is 13.2. The summed E-state index contributed by atoms with van der Waals surface area (Å²) in [5.74, 6) is -0.0174. The van der Waals surface area contributed by atoms with Crippen LogP contribution in [0.3, 0.4) is 0 Å². The van der Waals surface area contributed by atoms with Crippen LogP contribution in [0.4, 0.5) is 0 Å². The number of ether oxygens (including phenoxy) is 3. The average Bonchev–Trinajstić information content (AvgIpc) is 3.19. The Hall–Kier alpha value is -3.24. The fourth-order valence-electron chi connectivity index (χ4n) is 3.63. The first-order valence-electron chi connectivity index (χ1n) is 11.1. The van der Waals surface area contributed by atoms with Crippen LogP contribution < -0.4 is 25.4 Å².